The number of aromatic amines is 1. The number of nitrogens with one attached hydrogen (secondary N) is 2. The average molecular weight is 478 g/mol. The molecule has 7 rings (SSSR count). The van der Waals surface area contributed by atoms with Gasteiger partial charge in [-0.3, -0.25) is 4.79 Å². The Morgan fingerprint density at radius 1 is 1.31 bits per heavy atom. The maximum Gasteiger partial charge on any atom is 0.254 e. The first-order valence-corrected chi connectivity index (χ1v) is 12.0. The lowest BCUT2D eigenvalue weighted by atomic mass is 9.96. The van der Waals surface area contributed by atoms with Crippen LogP contribution in [0.3, 0.4) is 0 Å². The van der Waals surface area contributed by atoms with Crippen LogP contribution in [0.4, 0.5) is 5.82 Å². The van der Waals surface area contributed by atoms with Crippen molar-refractivity contribution in [3.05, 3.63) is 42.4 Å². The number of carbonyl (C=O) groups excluding carboxylic acids is 1. The van der Waals surface area contributed by atoms with Crippen LogP contribution in [0.5, 0.6) is 0 Å². The molecule has 4 N–H and O–H groups in total. The largest absolute Gasteiger partial charge is 0.381 e. The lowest BCUT2D eigenvalue weighted by molar-refractivity contribution is 0.0412. The zero-order chi connectivity index (χ0) is 24.4. The number of rotatable bonds is 4. The third-order valence-corrected chi connectivity index (χ3v) is 6.84. The normalized spacial score (nSPS) is 20.3. The van der Waals surface area contributed by atoms with Crippen molar-refractivity contribution in [2.75, 3.05) is 32.7 Å². The number of aromatic nitrogens is 5. The summed E-state index contributed by atoms with van der Waals surface area (Å²) in [6.07, 6.45) is 11.0. The third-order valence-electron chi connectivity index (χ3n) is 6.84. The van der Waals surface area contributed by atoms with E-state index < -0.39 is 5.91 Å². The minimum atomic E-state index is -0.563. The summed E-state index contributed by atoms with van der Waals surface area (Å²) in [5.41, 5.74) is 8.47. The Balaban J connectivity index is 0.000000170. The van der Waals surface area contributed by atoms with Gasteiger partial charge >= 0.3 is 0 Å². The molecule has 2 aliphatic carbocycles. The number of H-pyrrole nitrogens is 1. The molecule has 2 unspecified atom stereocenters. The lowest BCUT2D eigenvalue weighted by Crippen LogP contribution is -2.18. The second-order valence-corrected chi connectivity index (χ2v) is 9.12. The molecule has 0 aromatic carbocycles. The molecule has 3 aliphatic rings. The Hall–Kier alpha value is -3.50. The Labute approximate surface area is 203 Å². The highest BCUT2D eigenvalue weighted by molar-refractivity contribution is 5.99. The van der Waals surface area contributed by atoms with Crippen molar-refractivity contribution in [1.82, 2.24) is 24.6 Å². The molecule has 184 valence electrons. The minimum Gasteiger partial charge on any atom is -0.381 e. The molecule has 3 fully saturated rings. The van der Waals surface area contributed by atoms with Crippen LogP contribution < -0.4 is 11.1 Å². The first-order chi connectivity index (χ1) is 17.1. The Bertz CT molecular complexity index is 1320. The molecule has 1 amide bonds. The molecule has 35 heavy (non-hydrogen) atoms. The monoisotopic (exact) mass is 477 g/mol. The van der Waals surface area contributed by atoms with Crippen molar-refractivity contribution in [2.24, 2.45) is 17.6 Å². The van der Waals surface area contributed by atoms with Crippen LogP contribution in [0.15, 0.2) is 36.8 Å². The molecule has 2 saturated carbocycles. The van der Waals surface area contributed by atoms with E-state index >= 15 is 0 Å². The van der Waals surface area contributed by atoms with Gasteiger partial charge in [-0.25, -0.2) is 9.97 Å². The predicted octanol–water partition coefficient (Wildman–Crippen LogP) is 3.25. The van der Waals surface area contributed by atoms with E-state index in [0.717, 1.165) is 41.6 Å². The summed E-state index contributed by atoms with van der Waals surface area (Å²) in [7, 11) is 3.56. The van der Waals surface area contributed by atoms with Crippen molar-refractivity contribution in [3.8, 4) is 11.3 Å². The maximum absolute atomic E-state index is 11.6. The SMILES string of the molecule is C1OCC2CC12.CNc1cc(-c2c[nH]c3ncccc23)nc2c(C(N)=O)cnn12.COC1CCC1. The number of ether oxygens (including phenoxy) is 2. The van der Waals surface area contributed by atoms with Crippen LogP contribution in [0.1, 0.15) is 36.0 Å². The van der Waals surface area contributed by atoms with Crippen molar-refractivity contribution in [2.45, 2.75) is 31.8 Å². The van der Waals surface area contributed by atoms with E-state index in [9.17, 15) is 4.79 Å². The van der Waals surface area contributed by atoms with Crippen molar-refractivity contribution >= 4 is 28.4 Å². The molecule has 0 radical (unpaired) electrons. The van der Waals surface area contributed by atoms with E-state index in [1.165, 1.54) is 31.9 Å². The van der Waals surface area contributed by atoms with Gasteiger partial charge in [0.25, 0.3) is 5.91 Å². The van der Waals surface area contributed by atoms with Crippen LogP contribution in [-0.2, 0) is 9.47 Å². The average Bonchev–Trinajstić information content (AvgIpc) is 3.22. The molecule has 0 bridgehead atoms. The number of nitrogens with two attached hydrogens (primary N) is 1. The van der Waals surface area contributed by atoms with E-state index in [1.807, 2.05) is 24.4 Å². The van der Waals surface area contributed by atoms with Crippen LogP contribution >= 0.6 is 0 Å². The highest BCUT2D eigenvalue weighted by Gasteiger charge is 2.41. The number of fused-ring (bicyclic) bond motifs is 3. The van der Waals surface area contributed by atoms with Gasteiger partial charge in [0.15, 0.2) is 5.65 Å². The maximum atomic E-state index is 11.6. The highest BCUT2D eigenvalue weighted by Crippen LogP contribution is 2.43. The van der Waals surface area contributed by atoms with Crippen LogP contribution in [0.25, 0.3) is 27.9 Å². The van der Waals surface area contributed by atoms with E-state index in [4.69, 9.17) is 15.2 Å². The number of primary amides is 1. The van der Waals surface area contributed by atoms with Crippen LogP contribution in [0, 0.1) is 11.8 Å². The summed E-state index contributed by atoms with van der Waals surface area (Å²) < 4.78 is 11.6. The first-order valence-electron chi connectivity index (χ1n) is 12.0. The van der Waals surface area contributed by atoms with Gasteiger partial charge in [-0.05, 0) is 49.7 Å². The summed E-state index contributed by atoms with van der Waals surface area (Å²) in [5, 5.41) is 8.17. The fraction of sp³-hybridized carbons (Fsp3) is 0.440. The Morgan fingerprint density at radius 3 is 2.66 bits per heavy atom. The summed E-state index contributed by atoms with van der Waals surface area (Å²) in [5.74, 6) is 2.12. The fourth-order valence-corrected chi connectivity index (χ4v) is 4.32. The second kappa shape index (κ2) is 10.0. The zero-order valence-corrected chi connectivity index (χ0v) is 20.0. The van der Waals surface area contributed by atoms with Gasteiger partial charge in [0.05, 0.1) is 18.0 Å². The van der Waals surface area contributed by atoms with Gasteiger partial charge in [-0.1, -0.05) is 0 Å². The molecule has 5 heterocycles. The molecule has 0 spiro atoms. The fourth-order valence-electron chi connectivity index (χ4n) is 4.32. The van der Waals surface area contributed by atoms with Gasteiger partial charge in [0.2, 0.25) is 0 Å². The summed E-state index contributed by atoms with van der Waals surface area (Å²) in [4.78, 5) is 23.5. The number of methoxy groups -OCH3 is 1. The summed E-state index contributed by atoms with van der Waals surface area (Å²) in [6.45, 7) is 2.12. The number of anilines is 1. The zero-order valence-electron chi connectivity index (χ0n) is 20.0. The van der Waals surface area contributed by atoms with E-state index in [2.05, 4.69) is 25.4 Å². The van der Waals surface area contributed by atoms with E-state index in [-0.39, 0.29) is 5.56 Å². The number of carbonyl (C=O) groups is 1. The second-order valence-electron chi connectivity index (χ2n) is 9.12. The Kier molecular flexibility index (Phi) is 6.65. The van der Waals surface area contributed by atoms with Gasteiger partial charge in [0, 0.05) is 56.8 Å². The minimum absolute atomic E-state index is 0.279. The standard InChI is InChI=1S/C15H13N7O.C5H8O.C5H10O/c1-17-12-5-11(9-6-19-14-8(9)3-2-4-18-14)21-15-10(13(16)23)7-20-22(12)15;1-4-2-6-3-5(1)4;1-6-5-3-2-4-5/h2-7,17H,1H3,(H2,16,23)(H,18,19);4-5H,1-3H2;5H,2-4H2,1H3. The van der Waals surface area contributed by atoms with Gasteiger partial charge < -0.3 is 25.5 Å². The van der Waals surface area contributed by atoms with Crippen LogP contribution in [-0.4, -0.2) is 63.9 Å². The van der Waals surface area contributed by atoms with E-state index in [0.29, 0.717) is 23.3 Å². The molecular formula is C25H31N7O3. The summed E-state index contributed by atoms with van der Waals surface area (Å²) in [6, 6.07) is 5.69. The first kappa shape index (κ1) is 23.3. The Morgan fingerprint density at radius 2 is 2.11 bits per heavy atom. The number of hydrogen-bond donors (Lipinski definition) is 3. The molecule has 2 atom stereocenters. The van der Waals surface area contributed by atoms with Crippen molar-refractivity contribution < 1.29 is 14.3 Å². The van der Waals surface area contributed by atoms with Gasteiger partial charge in [0.1, 0.15) is 17.0 Å². The van der Waals surface area contributed by atoms with E-state index in [1.54, 1.807) is 24.9 Å². The van der Waals surface area contributed by atoms with Gasteiger partial charge in [-0.15, -0.1) is 0 Å². The molecule has 10 heteroatoms. The summed E-state index contributed by atoms with van der Waals surface area (Å²) >= 11 is 0. The quantitative estimate of drug-likeness (QED) is 0.411. The number of nitrogens with zero attached hydrogens (tertiary/aromatic N) is 4. The lowest BCUT2D eigenvalue weighted by Gasteiger charge is -2.22. The predicted molar refractivity (Wildman–Crippen MR) is 133 cm³/mol. The molecule has 1 saturated heterocycles. The smallest absolute Gasteiger partial charge is 0.254 e. The van der Waals surface area contributed by atoms with Gasteiger partial charge in [-0.2, -0.15) is 9.61 Å². The number of pyridine rings is 1. The topological polar surface area (TPSA) is 132 Å². The number of hydrogen-bond acceptors (Lipinski definition) is 7. The van der Waals surface area contributed by atoms with Crippen molar-refractivity contribution in [1.29, 1.82) is 0 Å². The molecule has 4 aromatic heterocycles. The molecular weight excluding hydrogens is 446 g/mol. The highest BCUT2D eigenvalue weighted by atomic mass is 16.5. The third kappa shape index (κ3) is 4.85. The molecule has 1 aliphatic heterocycles. The van der Waals surface area contributed by atoms with Crippen LogP contribution in [0.2, 0.25) is 0 Å². The number of amides is 1. The molecule has 4 aromatic rings. The van der Waals surface area contributed by atoms with Crippen molar-refractivity contribution in [3.63, 3.8) is 0 Å². The molecule has 10 nitrogen and oxygen atoms in total.